The number of halogens is 3. The molecule has 0 unspecified atom stereocenters. The van der Waals surface area contributed by atoms with Crippen molar-refractivity contribution >= 4 is 46.6 Å². The molecule has 1 aliphatic rings. The van der Waals surface area contributed by atoms with E-state index in [1.165, 1.54) is 0 Å². The number of rotatable bonds is 5. The number of aryl methyl sites for hydroxylation is 1. The molecule has 0 bridgehead atoms. The molecule has 148 valence electrons. The third kappa shape index (κ3) is 5.63. The van der Waals surface area contributed by atoms with Crippen LogP contribution in [0.3, 0.4) is 0 Å². The summed E-state index contributed by atoms with van der Waals surface area (Å²) in [5.74, 6) is -0.0994. The van der Waals surface area contributed by atoms with Gasteiger partial charge in [0.1, 0.15) is 0 Å². The Morgan fingerprint density at radius 2 is 1.61 bits per heavy atom. The van der Waals surface area contributed by atoms with E-state index in [1.807, 2.05) is 29.2 Å². The second kappa shape index (κ2) is 9.64. The Balaban J connectivity index is 1.46. The highest BCUT2D eigenvalue weighted by Crippen LogP contribution is 2.21. The SMILES string of the molecule is O=C(NC1CCN(C(=O)CCc2ccc(Cl)cc2)CC1)c1cc(Cl)ccc1Cl. The van der Waals surface area contributed by atoms with Gasteiger partial charge < -0.3 is 10.2 Å². The molecule has 2 aromatic carbocycles. The van der Waals surface area contributed by atoms with Crippen molar-refractivity contribution < 1.29 is 9.59 Å². The lowest BCUT2D eigenvalue weighted by molar-refractivity contribution is -0.132. The van der Waals surface area contributed by atoms with Crippen molar-refractivity contribution in [1.82, 2.24) is 10.2 Å². The van der Waals surface area contributed by atoms with Crippen LogP contribution < -0.4 is 5.32 Å². The number of likely N-dealkylation sites (tertiary alicyclic amines) is 1. The van der Waals surface area contributed by atoms with E-state index in [0.717, 1.165) is 18.4 Å². The fourth-order valence-electron chi connectivity index (χ4n) is 3.27. The van der Waals surface area contributed by atoms with Gasteiger partial charge in [0, 0.05) is 35.6 Å². The van der Waals surface area contributed by atoms with Crippen molar-refractivity contribution in [3.05, 3.63) is 68.7 Å². The van der Waals surface area contributed by atoms with Crippen molar-refractivity contribution in [3.63, 3.8) is 0 Å². The fourth-order valence-corrected chi connectivity index (χ4v) is 3.77. The van der Waals surface area contributed by atoms with Gasteiger partial charge in [0.2, 0.25) is 5.91 Å². The number of nitrogens with one attached hydrogen (secondary N) is 1. The molecule has 0 saturated carbocycles. The van der Waals surface area contributed by atoms with E-state index < -0.39 is 0 Å². The smallest absolute Gasteiger partial charge is 0.253 e. The molecular formula is C21H21Cl3N2O2. The molecule has 2 amide bonds. The highest BCUT2D eigenvalue weighted by atomic mass is 35.5. The van der Waals surface area contributed by atoms with E-state index in [1.54, 1.807) is 18.2 Å². The predicted octanol–water partition coefficient (Wildman–Crippen LogP) is 5.00. The lowest BCUT2D eigenvalue weighted by Gasteiger charge is -2.32. The maximum absolute atomic E-state index is 12.5. The van der Waals surface area contributed by atoms with Crippen LogP contribution in [0.25, 0.3) is 0 Å². The molecule has 2 aromatic rings. The van der Waals surface area contributed by atoms with Gasteiger partial charge in [-0.3, -0.25) is 9.59 Å². The highest BCUT2D eigenvalue weighted by Gasteiger charge is 2.24. The van der Waals surface area contributed by atoms with E-state index in [-0.39, 0.29) is 17.9 Å². The monoisotopic (exact) mass is 438 g/mol. The Labute approximate surface area is 179 Å². The lowest BCUT2D eigenvalue weighted by atomic mass is 10.0. The number of nitrogens with zero attached hydrogens (tertiary/aromatic N) is 1. The van der Waals surface area contributed by atoms with Crippen LogP contribution in [0.2, 0.25) is 15.1 Å². The van der Waals surface area contributed by atoms with Gasteiger partial charge in [-0.15, -0.1) is 0 Å². The Hall–Kier alpha value is -1.75. The normalized spacial score (nSPS) is 14.8. The van der Waals surface area contributed by atoms with Gasteiger partial charge in [0.15, 0.2) is 0 Å². The molecule has 0 atom stereocenters. The van der Waals surface area contributed by atoms with Crippen LogP contribution in [0.4, 0.5) is 0 Å². The average Bonchev–Trinajstić information content (AvgIpc) is 2.69. The Morgan fingerprint density at radius 3 is 2.29 bits per heavy atom. The molecule has 3 rings (SSSR count). The molecule has 7 heteroatoms. The van der Waals surface area contributed by atoms with Crippen LogP contribution in [0.15, 0.2) is 42.5 Å². The largest absolute Gasteiger partial charge is 0.349 e. The zero-order valence-electron chi connectivity index (χ0n) is 15.3. The van der Waals surface area contributed by atoms with Gasteiger partial charge in [-0.25, -0.2) is 0 Å². The summed E-state index contributed by atoms with van der Waals surface area (Å²) in [6.07, 6.45) is 2.60. The Kier molecular flexibility index (Phi) is 7.22. The molecule has 28 heavy (non-hydrogen) atoms. The maximum atomic E-state index is 12.5. The molecule has 1 saturated heterocycles. The molecule has 1 N–H and O–H groups in total. The minimum atomic E-state index is -0.236. The molecule has 1 aliphatic heterocycles. The van der Waals surface area contributed by atoms with Crippen LogP contribution >= 0.6 is 34.8 Å². The summed E-state index contributed by atoms with van der Waals surface area (Å²) in [7, 11) is 0. The molecule has 4 nitrogen and oxygen atoms in total. The first-order valence-corrected chi connectivity index (χ1v) is 10.3. The number of benzene rings is 2. The maximum Gasteiger partial charge on any atom is 0.253 e. The highest BCUT2D eigenvalue weighted by molar-refractivity contribution is 6.35. The molecule has 0 aromatic heterocycles. The third-order valence-electron chi connectivity index (χ3n) is 4.90. The van der Waals surface area contributed by atoms with Crippen LogP contribution in [-0.2, 0) is 11.2 Å². The van der Waals surface area contributed by atoms with E-state index in [2.05, 4.69) is 5.32 Å². The molecular weight excluding hydrogens is 419 g/mol. The number of carbonyl (C=O) groups is 2. The van der Waals surface area contributed by atoms with E-state index in [4.69, 9.17) is 34.8 Å². The summed E-state index contributed by atoms with van der Waals surface area (Å²) < 4.78 is 0. The van der Waals surface area contributed by atoms with Crippen molar-refractivity contribution in [3.8, 4) is 0 Å². The second-order valence-electron chi connectivity index (χ2n) is 6.88. The fraction of sp³-hybridized carbons (Fsp3) is 0.333. The summed E-state index contributed by atoms with van der Waals surface area (Å²) in [6.45, 7) is 1.27. The number of carbonyl (C=O) groups excluding carboxylic acids is 2. The van der Waals surface area contributed by atoms with Gasteiger partial charge in [-0.05, 0) is 55.2 Å². The summed E-state index contributed by atoms with van der Waals surface area (Å²) >= 11 is 17.9. The number of amides is 2. The standard InChI is InChI=1S/C21H21Cl3N2O2/c22-15-4-1-14(2-5-15)3-8-20(27)26-11-9-17(10-12-26)25-21(28)18-13-16(23)6-7-19(18)24/h1-2,4-7,13,17H,3,8-12H2,(H,25,28). The first-order chi connectivity index (χ1) is 13.4. The minimum Gasteiger partial charge on any atom is -0.349 e. The lowest BCUT2D eigenvalue weighted by Crippen LogP contribution is -2.46. The summed E-state index contributed by atoms with van der Waals surface area (Å²) in [5.41, 5.74) is 1.47. The van der Waals surface area contributed by atoms with Gasteiger partial charge in [0.05, 0.1) is 10.6 Å². The summed E-state index contributed by atoms with van der Waals surface area (Å²) in [6, 6.07) is 12.4. The summed E-state index contributed by atoms with van der Waals surface area (Å²) in [5, 5.41) is 4.53. The van der Waals surface area contributed by atoms with Crippen molar-refractivity contribution in [1.29, 1.82) is 0 Å². The quantitative estimate of drug-likeness (QED) is 0.712. The van der Waals surface area contributed by atoms with Crippen LogP contribution in [0, 0.1) is 0 Å². The molecule has 0 aliphatic carbocycles. The summed E-state index contributed by atoms with van der Waals surface area (Å²) in [4.78, 5) is 26.8. The first kappa shape index (κ1) is 21.0. The van der Waals surface area contributed by atoms with Crippen LogP contribution in [-0.4, -0.2) is 35.8 Å². The zero-order chi connectivity index (χ0) is 20.1. The van der Waals surface area contributed by atoms with E-state index in [9.17, 15) is 9.59 Å². The van der Waals surface area contributed by atoms with Gasteiger partial charge in [0.25, 0.3) is 5.91 Å². The van der Waals surface area contributed by atoms with Crippen LogP contribution in [0.1, 0.15) is 35.2 Å². The molecule has 0 radical (unpaired) electrons. The molecule has 1 fully saturated rings. The number of hydrogen-bond donors (Lipinski definition) is 1. The zero-order valence-corrected chi connectivity index (χ0v) is 17.5. The van der Waals surface area contributed by atoms with E-state index in [0.29, 0.717) is 46.6 Å². The van der Waals surface area contributed by atoms with Crippen molar-refractivity contribution in [2.75, 3.05) is 13.1 Å². The second-order valence-corrected chi connectivity index (χ2v) is 8.16. The minimum absolute atomic E-state index is 0.0165. The van der Waals surface area contributed by atoms with Gasteiger partial charge in [-0.2, -0.15) is 0 Å². The van der Waals surface area contributed by atoms with E-state index >= 15 is 0 Å². The average molecular weight is 440 g/mol. The molecule has 1 heterocycles. The van der Waals surface area contributed by atoms with Crippen molar-refractivity contribution in [2.45, 2.75) is 31.7 Å². The third-order valence-corrected chi connectivity index (χ3v) is 5.71. The number of hydrogen-bond acceptors (Lipinski definition) is 2. The topological polar surface area (TPSA) is 49.4 Å². The molecule has 0 spiro atoms. The predicted molar refractivity (Wildman–Crippen MR) is 113 cm³/mol. The Morgan fingerprint density at radius 1 is 0.964 bits per heavy atom. The number of piperidine rings is 1. The first-order valence-electron chi connectivity index (χ1n) is 9.20. The van der Waals surface area contributed by atoms with Gasteiger partial charge >= 0.3 is 0 Å². The Bertz CT molecular complexity index is 847. The van der Waals surface area contributed by atoms with Crippen LogP contribution in [0.5, 0.6) is 0 Å². The van der Waals surface area contributed by atoms with Gasteiger partial charge in [-0.1, -0.05) is 46.9 Å². The van der Waals surface area contributed by atoms with Crippen molar-refractivity contribution in [2.24, 2.45) is 0 Å².